The summed E-state index contributed by atoms with van der Waals surface area (Å²) in [7, 11) is 0. The quantitative estimate of drug-likeness (QED) is 0.223. The molecule has 0 aliphatic heterocycles. The smallest absolute Gasteiger partial charge is 0.245 e. The fraction of sp³-hybridized carbons (Fsp3) is 0.304. The lowest BCUT2D eigenvalue weighted by Crippen LogP contribution is -2.48. The molecule has 0 spiro atoms. The van der Waals surface area contributed by atoms with Crippen molar-refractivity contribution in [2.45, 2.75) is 44.6 Å². The largest absolute Gasteiger partial charge is 0.332 e. The van der Waals surface area contributed by atoms with Gasteiger partial charge in [0.15, 0.2) is 0 Å². The topological polar surface area (TPSA) is 69.8 Å². The summed E-state index contributed by atoms with van der Waals surface area (Å²) in [5.41, 5.74) is 2.26. The number of alkyl halides is 3. The zero-order valence-corrected chi connectivity index (χ0v) is 20.8. The Hall–Kier alpha value is -2.21. The molecule has 0 aliphatic carbocycles. The Balaban J connectivity index is 0.00000212. The minimum absolute atomic E-state index is 0.335. The average molecular weight is 486 g/mol. The highest BCUT2D eigenvalue weighted by molar-refractivity contribution is 6.68. The van der Waals surface area contributed by atoms with Gasteiger partial charge < -0.3 is 15.6 Å². The van der Waals surface area contributed by atoms with Crippen LogP contribution in [-0.4, -0.2) is 25.8 Å². The Morgan fingerprint density at radius 2 is 1.74 bits per heavy atom. The van der Waals surface area contributed by atoms with E-state index < -0.39 is 15.9 Å². The Morgan fingerprint density at radius 3 is 2.26 bits per heavy atom. The van der Waals surface area contributed by atoms with Gasteiger partial charge in [-0.15, -0.1) is 0 Å². The van der Waals surface area contributed by atoms with Gasteiger partial charge in [-0.25, -0.2) is 4.98 Å². The van der Waals surface area contributed by atoms with E-state index in [1.807, 2.05) is 77.1 Å². The first-order chi connectivity index (χ1) is 14.8. The maximum atomic E-state index is 12.2. The molecular weight excluding hydrogens is 455 g/mol. The number of nitrogens with one attached hydrogen (secondary N) is 3. The van der Waals surface area contributed by atoms with Crippen molar-refractivity contribution in [2.75, 3.05) is 5.32 Å². The molecular formula is C23H31Cl3N4O. The Bertz CT molecular complexity index is 840. The van der Waals surface area contributed by atoms with E-state index in [0.29, 0.717) is 11.6 Å². The van der Waals surface area contributed by atoms with E-state index in [-0.39, 0.29) is 0 Å². The molecule has 0 fully saturated rings. The molecule has 1 unspecified atom stereocenters. The lowest BCUT2D eigenvalue weighted by molar-refractivity contribution is -0.116. The first kappa shape index (κ1) is 28.8. The molecule has 1 atom stereocenters. The highest BCUT2D eigenvalue weighted by atomic mass is 35.6. The Morgan fingerprint density at radius 1 is 1.13 bits per heavy atom. The van der Waals surface area contributed by atoms with E-state index in [1.54, 1.807) is 12.2 Å². The molecule has 1 amide bonds. The molecule has 31 heavy (non-hydrogen) atoms. The highest BCUT2D eigenvalue weighted by Gasteiger charge is 2.34. The monoisotopic (exact) mass is 484 g/mol. The van der Waals surface area contributed by atoms with Crippen LogP contribution in [0.25, 0.3) is 18.2 Å². The van der Waals surface area contributed by atoms with Gasteiger partial charge in [-0.1, -0.05) is 105 Å². The molecule has 2 rings (SSSR count). The molecule has 5 nitrogen and oxygen atoms in total. The second kappa shape index (κ2) is 15.6. The SMILES string of the molecule is C=Cc1nc(NC(NC(=O)/C=C/c2ccccc2)C(Cl)(Cl)Cl)[nH]c1/C=C\C.CC.CC. The lowest BCUT2D eigenvalue weighted by Gasteiger charge is -2.25. The predicted octanol–water partition coefficient (Wildman–Crippen LogP) is 7.08. The predicted molar refractivity (Wildman–Crippen MR) is 137 cm³/mol. The van der Waals surface area contributed by atoms with Crippen molar-refractivity contribution in [1.82, 2.24) is 15.3 Å². The number of allylic oxidation sites excluding steroid dienone is 1. The number of imidazole rings is 1. The lowest BCUT2D eigenvalue weighted by atomic mass is 10.2. The maximum Gasteiger partial charge on any atom is 0.245 e. The van der Waals surface area contributed by atoms with E-state index in [0.717, 1.165) is 11.3 Å². The molecule has 2 aromatic rings. The zero-order chi connectivity index (χ0) is 23.9. The summed E-state index contributed by atoms with van der Waals surface area (Å²) < 4.78 is -1.81. The van der Waals surface area contributed by atoms with Crippen LogP contribution in [0.5, 0.6) is 0 Å². The zero-order valence-electron chi connectivity index (χ0n) is 18.5. The van der Waals surface area contributed by atoms with Gasteiger partial charge in [-0.2, -0.15) is 0 Å². The van der Waals surface area contributed by atoms with E-state index in [9.17, 15) is 4.79 Å². The summed E-state index contributed by atoms with van der Waals surface area (Å²) in [6.07, 6.45) is 7.30. The molecule has 0 saturated heterocycles. The number of hydrogen-bond donors (Lipinski definition) is 3. The number of halogens is 3. The van der Waals surface area contributed by atoms with Crippen LogP contribution in [0.4, 0.5) is 5.95 Å². The Kier molecular flexibility index (Phi) is 14.5. The summed E-state index contributed by atoms with van der Waals surface area (Å²) in [6, 6.07) is 9.39. The van der Waals surface area contributed by atoms with Crippen molar-refractivity contribution in [2.24, 2.45) is 0 Å². The van der Waals surface area contributed by atoms with Gasteiger partial charge in [-0.3, -0.25) is 4.79 Å². The summed E-state index contributed by atoms with van der Waals surface area (Å²) in [6.45, 7) is 13.6. The summed E-state index contributed by atoms with van der Waals surface area (Å²) in [5, 5.41) is 5.51. The fourth-order valence-corrected chi connectivity index (χ4v) is 2.51. The Labute approximate surface area is 200 Å². The molecule has 3 N–H and O–H groups in total. The summed E-state index contributed by atoms with van der Waals surface area (Å²) >= 11 is 18.0. The van der Waals surface area contributed by atoms with Crippen molar-refractivity contribution in [3.63, 3.8) is 0 Å². The third-order valence-corrected chi connectivity index (χ3v) is 4.06. The van der Waals surface area contributed by atoms with Crippen molar-refractivity contribution in [1.29, 1.82) is 0 Å². The number of aromatic amines is 1. The molecule has 8 heteroatoms. The van der Waals surface area contributed by atoms with E-state index >= 15 is 0 Å². The van der Waals surface area contributed by atoms with Crippen LogP contribution in [0.2, 0.25) is 0 Å². The van der Waals surface area contributed by atoms with Gasteiger partial charge in [-0.05, 0) is 30.7 Å². The van der Waals surface area contributed by atoms with Crippen molar-refractivity contribution in [3.8, 4) is 0 Å². The molecule has 1 aromatic carbocycles. The first-order valence-corrected chi connectivity index (χ1v) is 11.2. The number of rotatable bonds is 7. The number of anilines is 1. The van der Waals surface area contributed by atoms with Crippen LogP contribution in [0.1, 0.15) is 51.6 Å². The number of carbonyl (C=O) groups is 1. The first-order valence-electron chi connectivity index (χ1n) is 10.1. The number of aromatic nitrogens is 2. The summed E-state index contributed by atoms with van der Waals surface area (Å²) in [5.74, 6) is -0.0893. The van der Waals surface area contributed by atoms with E-state index in [4.69, 9.17) is 34.8 Å². The van der Waals surface area contributed by atoms with Crippen LogP contribution >= 0.6 is 34.8 Å². The van der Waals surface area contributed by atoms with Crippen LogP contribution < -0.4 is 10.6 Å². The van der Waals surface area contributed by atoms with E-state index in [1.165, 1.54) is 6.08 Å². The maximum absolute atomic E-state index is 12.2. The van der Waals surface area contributed by atoms with Crippen molar-refractivity contribution in [3.05, 3.63) is 66.0 Å². The van der Waals surface area contributed by atoms with Gasteiger partial charge in [0.25, 0.3) is 0 Å². The molecule has 170 valence electrons. The molecule has 1 aromatic heterocycles. The van der Waals surface area contributed by atoms with Crippen LogP contribution in [-0.2, 0) is 4.79 Å². The number of benzene rings is 1. The van der Waals surface area contributed by atoms with Gasteiger partial charge in [0, 0.05) is 6.08 Å². The van der Waals surface area contributed by atoms with Gasteiger partial charge in [0.1, 0.15) is 6.17 Å². The number of H-pyrrole nitrogens is 1. The fourth-order valence-electron chi connectivity index (χ4n) is 2.18. The summed E-state index contributed by atoms with van der Waals surface area (Å²) in [4.78, 5) is 19.6. The highest BCUT2D eigenvalue weighted by Crippen LogP contribution is 2.31. The third-order valence-electron chi connectivity index (χ3n) is 3.41. The molecule has 0 bridgehead atoms. The number of carbonyl (C=O) groups excluding carboxylic acids is 1. The number of amides is 1. The number of nitrogens with zero attached hydrogens (tertiary/aromatic N) is 1. The molecule has 0 aliphatic rings. The number of hydrogen-bond acceptors (Lipinski definition) is 3. The van der Waals surface area contributed by atoms with Crippen LogP contribution in [0.3, 0.4) is 0 Å². The second-order valence-electron chi connectivity index (χ2n) is 5.46. The minimum Gasteiger partial charge on any atom is -0.332 e. The molecule has 1 heterocycles. The van der Waals surface area contributed by atoms with Crippen molar-refractivity contribution >= 4 is 64.9 Å². The average Bonchev–Trinajstić information content (AvgIpc) is 3.16. The van der Waals surface area contributed by atoms with Crippen molar-refractivity contribution < 1.29 is 4.79 Å². The van der Waals surface area contributed by atoms with Crippen LogP contribution in [0, 0.1) is 0 Å². The second-order valence-corrected chi connectivity index (χ2v) is 7.83. The van der Waals surface area contributed by atoms with Gasteiger partial charge in [0.05, 0.1) is 11.4 Å². The van der Waals surface area contributed by atoms with Gasteiger partial charge >= 0.3 is 0 Å². The molecule has 0 radical (unpaired) electrons. The minimum atomic E-state index is -1.81. The normalized spacial score (nSPS) is 11.7. The van der Waals surface area contributed by atoms with E-state index in [2.05, 4.69) is 27.2 Å². The standard InChI is InChI=1S/C19H19Cl3N4O.2C2H6/c1-3-8-15-14(4-2)23-18(24-15)26-17(19(20,21)22)25-16(27)12-11-13-9-6-5-7-10-13;2*1-2/h3-12,17H,2H2,1H3,(H,25,27)(H2,23,24,26);2*1-2H3/b8-3-,12-11+;;. The van der Waals surface area contributed by atoms with Crippen LogP contribution in [0.15, 0.2) is 49.1 Å². The van der Waals surface area contributed by atoms with Gasteiger partial charge in [0.2, 0.25) is 15.6 Å². The third kappa shape index (κ3) is 10.6. The molecule has 0 saturated carbocycles.